The van der Waals surface area contributed by atoms with Crippen molar-refractivity contribution in [2.24, 2.45) is 0 Å². The zero-order valence-corrected chi connectivity index (χ0v) is 23.0. The van der Waals surface area contributed by atoms with E-state index >= 15 is 0 Å². The monoisotopic (exact) mass is 544 g/mol. The van der Waals surface area contributed by atoms with Gasteiger partial charge in [0.25, 0.3) is 0 Å². The quantitative estimate of drug-likeness (QED) is 0.256. The second-order valence-electron chi connectivity index (χ2n) is 10.2. The summed E-state index contributed by atoms with van der Waals surface area (Å²) in [5.74, 6) is -2.70. The number of ether oxygens (including phenoxy) is 2. The largest absolute Gasteiger partial charge is 0.492 e. The van der Waals surface area contributed by atoms with Gasteiger partial charge in [0, 0.05) is 25.4 Å². The fourth-order valence-corrected chi connectivity index (χ4v) is 6.64. The maximum atomic E-state index is 13.6. The molecule has 1 aromatic rings. The Morgan fingerprint density at radius 3 is 2.59 bits per heavy atom. The molecule has 1 heterocycles. The lowest BCUT2D eigenvalue weighted by Crippen LogP contribution is -2.41. The van der Waals surface area contributed by atoms with E-state index in [1.54, 1.807) is 18.2 Å². The van der Waals surface area contributed by atoms with Gasteiger partial charge in [0.1, 0.15) is 16.7 Å². The second kappa shape index (κ2) is 13.8. The molecule has 0 unspecified atom stereocenters. The Labute approximate surface area is 220 Å². The Balaban J connectivity index is 1.50. The van der Waals surface area contributed by atoms with Crippen LogP contribution in [0.15, 0.2) is 23.1 Å². The van der Waals surface area contributed by atoms with Gasteiger partial charge in [-0.1, -0.05) is 19.4 Å². The SMILES string of the molecule is CCCCOC(=O)[C@@H]1CCCN1S(=O)(=O)c1ccc(C)cc1OCCCCCNC1CCC(F)(F)CC1. The predicted octanol–water partition coefficient (Wildman–Crippen LogP) is 5.21. The molecule has 2 fully saturated rings. The number of alkyl halides is 2. The van der Waals surface area contributed by atoms with Crippen LogP contribution in [0, 0.1) is 6.92 Å². The third-order valence-electron chi connectivity index (χ3n) is 7.13. The molecule has 0 amide bonds. The van der Waals surface area contributed by atoms with E-state index in [-0.39, 0.29) is 30.3 Å². The number of nitrogens with one attached hydrogen (secondary N) is 1. The summed E-state index contributed by atoms with van der Waals surface area (Å²) in [6, 6.07) is 4.36. The highest BCUT2D eigenvalue weighted by molar-refractivity contribution is 7.89. The minimum Gasteiger partial charge on any atom is -0.492 e. The molecule has 0 spiro atoms. The van der Waals surface area contributed by atoms with E-state index in [2.05, 4.69) is 5.32 Å². The van der Waals surface area contributed by atoms with Crippen LogP contribution in [0.1, 0.15) is 83.1 Å². The lowest BCUT2D eigenvalue weighted by Gasteiger charge is -2.28. The number of nitrogens with zero attached hydrogens (tertiary/aromatic N) is 1. The number of carbonyl (C=O) groups excluding carboxylic acids is 1. The molecular formula is C27H42F2N2O5S. The first-order valence-corrected chi connectivity index (χ1v) is 15.1. The van der Waals surface area contributed by atoms with Crippen LogP contribution < -0.4 is 10.1 Å². The van der Waals surface area contributed by atoms with Crippen molar-refractivity contribution >= 4 is 16.0 Å². The average molecular weight is 545 g/mol. The first-order valence-electron chi connectivity index (χ1n) is 13.7. The number of hydrogen-bond donors (Lipinski definition) is 1. The average Bonchev–Trinajstić information content (AvgIpc) is 3.36. The molecule has 1 atom stereocenters. The summed E-state index contributed by atoms with van der Waals surface area (Å²) in [4.78, 5) is 12.6. The molecule has 210 valence electrons. The van der Waals surface area contributed by atoms with E-state index in [4.69, 9.17) is 9.47 Å². The molecular weight excluding hydrogens is 502 g/mol. The van der Waals surface area contributed by atoms with Crippen molar-refractivity contribution in [1.82, 2.24) is 9.62 Å². The Hall–Kier alpha value is -1.78. The molecule has 1 saturated carbocycles. The van der Waals surface area contributed by atoms with Crippen LogP contribution in [0.25, 0.3) is 0 Å². The van der Waals surface area contributed by atoms with E-state index in [1.807, 2.05) is 13.8 Å². The Morgan fingerprint density at radius 2 is 1.86 bits per heavy atom. The molecule has 1 aliphatic carbocycles. The van der Waals surface area contributed by atoms with Crippen molar-refractivity contribution in [2.75, 3.05) is 26.3 Å². The molecule has 10 heteroatoms. The van der Waals surface area contributed by atoms with Crippen LogP contribution in [0.3, 0.4) is 0 Å². The standard InChI is InChI=1S/C27H42F2N2O5S/c1-3-4-18-36-26(32)23-9-8-17-31(23)37(33,34)25-11-10-21(2)20-24(25)35-19-7-5-6-16-30-22-12-14-27(28,29)15-13-22/h10-11,20,22-23,30H,3-9,12-19H2,1-2H3/t23-/m0/s1. The summed E-state index contributed by atoms with van der Waals surface area (Å²) in [6.45, 7) is 5.58. The van der Waals surface area contributed by atoms with Crippen LogP contribution in [-0.4, -0.2) is 63.0 Å². The molecule has 0 aromatic heterocycles. The number of sulfonamides is 1. The van der Waals surface area contributed by atoms with Crippen LogP contribution in [0.2, 0.25) is 0 Å². The zero-order valence-electron chi connectivity index (χ0n) is 22.1. The normalized spacial score (nSPS) is 20.7. The molecule has 1 aromatic carbocycles. The topological polar surface area (TPSA) is 84.9 Å². The van der Waals surface area contributed by atoms with Crippen molar-refractivity contribution in [2.45, 2.75) is 107 Å². The van der Waals surface area contributed by atoms with Crippen molar-refractivity contribution in [1.29, 1.82) is 0 Å². The molecule has 1 aliphatic heterocycles. The van der Waals surface area contributed by atoms with E-state index in [0.29, 0.717) is 44.6 Å². The molecule has 37 heavy (non-hydrogen) atoms. The molecule has 0 radical (unpaired) electrons. The van der Waals surface area contributed by atoms with Crippen molar-refractivity contribution in [3.8, 4) is 5.75 Å². The number of hydrogen-bond acceptors (Lipinski definition) is 6. The van der Waals surface area contributed by atoms with Gasteiger partial charge in [-0.25, -0.2) is 17.2 Å². The maximum Gasteiger partial charge on any atom is 0.324 e. The summed E-state index contributed by atoms with van der Waals surface area (Å²) in [7, 11) is -3.94. The summed E-state index contributed by atoms with van der Waals surface area (Å²) in [5.41, 5.74) is 0.883. The maximum absolute atomic E-state index is 13.6. The van der Waals surface area contributed by atoms with Gasteiger partial charge in [-0.2, -0.15) is 4.31 Å². The van der Waals surface area contributed by atoms with Crippen LogP contribution in [0.5, 0.6) is 5.75 Å². The van der Waals surface area contributed by atoms with Crippen LogP contribution >= 0.6 is 0 Å². The molecule has 1 N–H and O–H groups in total. The van der Waals surface area contributed by atoms with Crippen LogP contribution in [-0.2, 0) is 19.6 Å². The van der Waals surface area contributed by atoms with Gasteiger partial charge in [0.2, 0.25) is 15.9 Å². The molecule has 2 aliphatic rings. The third kappa shape index (κ3) is 8.61. The van der Waals surface area contributed by atoms with Crippen molar-refractivity contribution in [3.63, 3.8) is 0 Å². The van der Waals surface area contributed by atoms with Gasteiger partial charge in [-0.05, 0) is 82.5 Å². The first kappa shape index (κ1) is 29.8. The van der Waals surface area contributed by atoms with Gasteiger partial charge in [-0.3, -0.25) is 4.79 Å². The van der Waals surface area contributed by atoms with Gasteiger partial charge in [0.15, 0.2) is 0 Å². The van der Waals surface area contributed by atoms with E-state index in [9.17, 15) is 22.0 Å². The first-order chi connectivity index (χ1) is 17.6. The number of carbonyl (C=O) groups is 1. The lowest BCUT2D eigenvalue weighted by atomic mass is 9.92. The minimum absolute atomic E-state index is 0.0432. The second-order valence-corrected chi connectivity index (χ2v) is 12.1. The molecule has 0 bridgehead atoms. The van der Waals surface area contributed by atoms with Crippen molar-refractivity contribution < 1.29 is 31.5 Å². The summed E-state index contributed by atoms with van der Waals surface area (Å²) < 4.78 is 66.2. The Morgan fingerprint density at radius 1 is 1.11 bits per heavy atom. The number of unbranched alkanes of at least 4 members (excludes halogenated alkanes) is 3. The fourth-order valence-electron chi connectivity index (χ4n) is 4.88. The Bertz CT molecular complexity index is 979. The van der Waals surface area contributed by atoms with Gasteiger partial charge in [0.05, 0.1) is 13.2 Å². The Kier molecular flexibility index (Phi) is 11.1. The zero-order chi connectivity index (χ0) is 26.9. The highest BCUT2D eigenvalue weighted by Crippen LogP contribution is 2.34. The number of esters is 1. The highest BCUT2D eigenvalue weighted by Gasteiger charge is 2.41. The number of benzene rings is 1. The van der Waals surface area contributed by atoms with Gasteiger partial charge in [-0.15, -0.1) is 0 Å². The number of aryl methyl sites for hydroxylation is 1. The summed E-state index contributed by atoms with van der Waals surface area (Å²) in [6.07, 6.45) is 6.14. The molecule has 1 saturated heterocycles. The van der Waals surface area contributed by atoms with E-state index < -0.39 is 28.0 Å². The van der Waals surface area contributed by atoms with E-state index in [1.165, 1.54) is 4.31 Å². The summed E-state index contributed by atoms with van der Waals surface area (Å²) >= 11 is 0. The number of halogens is 2. The van der Waals surface area contributed by atoms with Crippen molar-refractivity contribution in [3.05, 3.63) is 23.8 Å². The fraction of sp³-hybridized carbons (Fsp3) is 0.741. The highest BCUT2D eigenvalue weighted by atomic mass is 32.2. The van der Waals surface area contributed by atoms with Gasteiger partial charge >= 0.3 is 5.97 Å². The number of rotatable bonds is 14. The van der Waals surface area contributed by atoms with E-state index in [0.717, 1.165) is 44.2 Å². The smallest absolute Gasteiger partial charge is 0.324 e. The lowest BCUT2D eigenvalue weighted by molar-refractivity contribution is -0.147. The predicted molar refractivity (Wildman–Crippen MR) is 139 cm³/mol. The van der Waals surface area contributed by atoms with Crippen LogP contribution in [0.4, 0.5) is 8.78 Å². The minimum atomic E-state index is -3.94. The molecule has 3 rings (SSSR count). The van der Waals surface area contributed by atoms with Gasteiger partial charge < -0.3 is 14.8 Å². The third-order valence-corrected chi connectivity index (χ3v) is 9.08. The summed E-state index contributed by atoms with van der Waals surface area (Å²) in [5, 5.41) is 3.37. The molecule has 7 nitrogen and oxygen atoms in total.